The van der Waals surface area contributed by atoms with Crippen molar-refractivity contribution in [1.29, 1.82) is 0 Å². The van der Waals surface area contributed by atoms with E-state index in [1.165, 1.54) is 43.2 Å². The van der Waals surface area contributed by atoms with E-state index in [1.807, 2.05) is 12.5 Å². The Morgan fingerprint density at radius 3 is 2.64 bits per heavy atom. The lowest BCUT2D eigenvalue weighted by Crippen LogP contribution is -2.35. The third kappa shape index (κ3) is 5.95. The van der Waals surface area contributed by atoms with Gasteiger partial charge in [-0.3, -0.25) is 0 Å². The van der Waals surface area contributed by atoms with Gasteiger partial charge in [-0.15, -0.1) is 0 Å². The van der Waals surface area contributed by atoms with Gasteiger partial charge in [-0.25, -0.2) is 9.97 Å². The van der Waals surface area contributed by atoms with Crippen molar-refractivity contribution in [2.24, 2.45) is 0 Å². The molecule has 1 fully saturated rings. The molecule has 2 aromatic rings. The van der Waals surface area contributed by atoms with Crippen LogP contribution in [0.1, 0.15) is 56.6 Å². The van der Waals surface area contributed by atoms with Crippen LogP contribution in [0, 0.1) is 0 Å². The monoisotopic (exact) mass is 398 g/mol. The van der Waals surface area contributed by atoms with Crippen molar-refractivity contribution < 1.29 is 0 Å². The van der Waals surface area contributed by atoms with Gasteiger partial charge in [0.2, 0.25) is 0 Å². The molecular weight excluding hydrogens is 364 g/mol. The standard InChI is InChI=1S/C23H34N4S/c1-18(14-15-19-10-6-4-7-11-19)24-16-20-17-25-23(28-3)26-22(20)27(2)21-12-8-5-9-13-21/h4,6-7,10-11,17-18,21,24H,5,8-9,12-16H2,1-3H3. The van der Waals surface area contributed by atoms with E-state index in [2.05, 4.69) is 59.5 Å². The van der Waals surface area contributed by atoms with Crippen LogP contribution in [0.4, 0.5) is 5.82 Å². The lowest BCUT2D eigenvalue weighted by Gasteiger charge is -2.33. The number of aryl methyl sites for hydroxylation is 1. The molecule has 1 saturated carbocycles. The predicted molar refractivity (Wildman–Crippen MR) is 120 cm³/mol. The Morgan fingerprint density at radius 1 is 1.18 bits per heavy atom. The van der Waals surface area contributed by atoms with Crippen LogP contribution in [0.15, 0.2) is 41.7 Å². The largest absolute Gasteiger partial charge is 0.356 e. The first-order chi connectivity index (χ1) is 13.7. The number of aromatic nitrogens is 2. The summed E-state index contributed by atoms with van der Waals surface area (Å²) in [6.45, 7) is 3.08. The summed E-state index contributed by atoms with van der Waals surface area (Å²) in [6.07, 6.45) is 12.9. The van der Waals surface area contributed by atoms with E-state index in [4.69, 9.17) is 4.98 Å². The highest BCUT2D eigenvalue weighted by Crippen LogP contribution is 2.28. The minimum Gasteiger partial charge on any atom is -0.356 e. The zero-order valence-corrected chi connectivity index (χ0v) is 18.3. The Bertz CT molecular complexity index is 716. The van der Waals surface area contributed by atoms with Gasteiger partial charge in [-0.1, -0.05) is 61.4 Å². The van der Waals surface area contributed by atoms with Gasteiger partial charge in [-0.05, 0) is 44.4 Å². The molecule has 3 rings (SSSR count). The lowest BCUT2D eigenvalue weighted by molar-refractivity contribution is 0.424. The Hall–Kier alpha value is -1.59. The SMILES string of the molecule is CSc1ncc(CNC(C)CCc2ccccc2)c(N(C)C2CCCCC2)n1. The zero-order valence-electron chi connectivity index (χ0n) is 17.5. The third-order valence-corrected chi connectivity index (χ3v) is 6.37. The van der Waals surface area contributed by atoms with Crippen molar-refractivity contribution in [2.75, 3.05) is 18.2 Å². The zero-order chi connectivity index (χ0) is 19.8. The lowest BCUT2D eigenvalue weighted by atomic mass is 9.94. The normalized spacial score (nSPS) is 16.1. The molecule has 1 N–H and O–H groups in total. The predicted octanol–water partition coefficient (Wildman–Crippen LogP) is 5.08. The van der Waals surface area contributed by atoms with E-state index in [9.17, 15) is 0 Å². The van der Waals surface area contributed by atoms with E-state index < -0.39 is 0 Å². The molecule has 0 saturated heterocycles. The molecule has 0 spiro atoms. The van der Waals surface area contributed by atoms with Gasteiger partial charge < -0.3 is 10.2 Å². The molecule has 1 heterocycles. The maximum atomic E-state index is 4.88. The smallest absolute Gasteiger partial charge is 0.189 e. The Morgan fingerprint density at radius 2 is 1.93 bits per heavy atom. The fraction of sp³-hybridized carbons (Fsp3) is 0.565. The van der Waals surface area contributed by atoms with Crippen LogP contribution in [-0.4, -0.2) is 35.4 Å². The van der Waals surface area contributed by atoms with Crippen LogP contribution in [0.3, 0.4) is 0 Å². The molecule has 1 aromatic heterocycles. The summed E-state index contributed by atoms with van der Waals surface area (Å²) in [7, 11) is 2.21. The fourth-order valence-electron chi connectivity index (χ4n) is 3.97. The average molecular weight is 399 g/mol. The first-order valence-corrected chi connectivity index (χ1v) is 11.8. The molecule has 152 valence electrons. The summed E-state index contributed by atoms with van der Waals surface area (Å²) < 4.78 is 0. The molecule has 28 heavy (non-hydrogen) atoms. The third-order valence-electron chi connectivity index (χ3n) is 5.81. The van der Waals surface area contributed by atoms with Crippen molar-refractivity contribution in [3.8, 4) is 0 Å². The molecule has 0 bridgehead atoms. The molecule has 0 amide bonds. The highest BCUT2D eigenvalue weighted by Gasteiger charge is 2.22. The summed E-state index contributed by atoms with van der Waals surface area (Å²) in [5, 5.41) is 4.55. The van der Waals surface area contributed by atoms with E-state index in [-0.39, 0.29) is 0 Å². The Kier molecular flexibility index (Phi) is 8.16. The first-order valence-electron chi connectivity index (χ1n) is 10.6. The van der Waals surface area contributed by atoms with Crippen molar-refractivity contribution in [1.82, 2.24) is 15.3 Å². The van der Waals surface area contributed by atoms with Crippen LogP contribution in [0.25, 0.3) is 0 Å². The van der Waals surface area contributed by atoms with E-state index in [0.717, 1.165) is 30.4 Å². The number of thioether (sulfide) groups is 1. The number of hydrogen-bond donors (Lipinski definition) is 1. The molecule has 1 atom stereocenters. The van der Waals surface area contributed by atoms with Crippen LogP contribution < -0.4 is 10.2 Å². The van der Waals surface area contributed by atoms with E-state index >= 15 is 0 Å². The summed E-state index contributed by atoms with van der Waals surface area (Å²) in [6, 6.07) is 11.8. The maximum Gasteiger partial charge on any atom is 0.189 e. The summed E-state index contributed by atoms with van der Waals surface area (Å²) in [5.41, 5.74) is 2.61. The minimum absolute atomic E-state index is 0.452. The van der Waals surface area contributed by atoms with Crippen LogP contribution >= 0.6 is 11.8 Å². The molecule has 0 aliphatic heterocycles. The number of hydrogen-bond acceptors (Lipinski definition) is 5. The molecule has 1 aliphatic carbocycles. The number of nitrogens with zero attached hydrogens (tertiary/aromatic N) is 3. The van der Waals surface area contributed by atoms with Crippen LogP contribution in [0.5, 0.6) is 0 Å². The molecule has 0 radical (unpaired) electrons. The minimum atomic E-state index is 0.452. The number of nitrogens with one attached hydrogen (secondary N) is 1. The number of benzene rings is 1. The second-order valence-corrected chi connectivity index (χ2v) is 8.69. The summed E-state index contributed by atoms with van der Waals surface area (Å²) in [4.78, 5) is 11.8. The second kappa shape index (κ2) is 10.8. The summed E-state index contributed by atoms with van der Waals surface area (Å²) >= 11 is 1.62. The molecular formula is C23H34N4S. The van der Waals surface area contributed by atoms with Gasteiger partial charge in [0.05, 0.1) is 0 Å². The van der Waals surface area contributed by atoms with Crippen molar-refractivity contribution >= 4 is 17.6 Å². The van der Waals surface area contributed by atoms with Crippen LogP contribution in [0.2, 0.25) is 0 Å². The maximum absolute atomic E-state index is 4.88. The van der Waals surface area contributed by atoms with Gasteiger partial charge in [0.25, 0.3) is 0 Å². The van der Waals surface area contributed by atoms with Crippen molar-refractivity contribution in [2.45, 2.75) is 75.7 Å². The first kappa shape index (κ1) is 21.1. The van der Waals surface area contributed by atoms with Crippen molar-refractivity contribution in [3.63, 3.8) is 0 Å². The van der Waals surface area contributed by atoms with E-state index in [0.29, 0.717) is 12.1 Å². The number of rotatable bonds is 9. The molecule has 4 nitrogen and oxygen atoms in total. The molecule has 1 aromatic carbocycles. The topological polar surface area (TPSA) is 41.1 Å². The van der Waals surface area contributed by atoms with Gasteiger partial charge in [0.1, 0.15) is 5.82 Å². The van der Waals surface area contributed by atoms with Crippen LogP contribution in [-0.2, 0) is 13.0 Å². The fourth-order valence-corrected chi connectivity index (χ4v) is 4.30. The van der Waals surface area contributed by atoms with E-state index in [1.54, 1.807) is 11.8 Å². The quantitative estimate of drug-likeness (QED) is 0.471. The Balaban J connectivity index is 1.62. The van der Waals surface area contributed by atoms with Gasteiger partial charge >= 0.3 is 0 Å². The molecule has 5 heteroatoms. The molecule has 1 aliphatic rings. The average Bonchev–Trinajstić information content (AvgIpc) is 2.77. The highest BCUT2D eigenvalue weighted by atomic mass is 32.2. The molecule has 1 unspecified atom stereocenters. The summed E-state index contributed by atoms with van der Waals surface area (Å²) in [5.74, 6) is 1.11. The highest BCUT2D eigenvalue weighted by molar-refractivity contribution is 7.98. The number of anilines is 1. The van der Waals surface area contributed by atoms with Gasteiger partial charge in [-0.2, -0.15) is 0 Å². The van der Waals surface area contributed by atoms with Crippen molar-refractivity contribution in [3.05, 3.63) is 47.7 Å². The van der Waals surface area contributed by atoms with Gasteiger partial charge in [0.15, 0.2) is 5.16 Å². The second-order valence-electron chi connectivity index (χ2n) is 7.91. The van der Waals surface area contributed by atoms with Gasteiger partial charge in [0, 0.05) is 37.4 Å². The Labute approximate surface area is 174 Å².